The summed E-state index contributed by atoms with van der Waals surface area (Å²) in [7, 11) is 0. The number of carbonyl (C=O) groups excluding carboxylic acids is 1. The minimum atomic E-state index is -1.45. The molecular formula is C16H24N2O5S. The van der Waals surface area contributed by atoms with Gasteiger partial charge in [0.25, 0.3) is 0 Å². The molecule has 0 aromatic heterocycles. The molecule has 2 atom stereocenters. The van der Waals surface area contributed by atoms with Crippen molar-refractivity contribution in [1.29, 1.82) is 0 Å². The van der Waals surface area contributed by atoms with Crippen molar-refractivity contribution < 1.29 is 19.0 Å². The zero-order chi connectivity index (χ0) is 18.5. The van der Waals surface area contributed by atoms with Crippen LogP contribution in [0.25, 0.3) is 0 Å². The van der Waals surface area contributed by atoms with E-state index in [1.165, 1.54) is 0 Å². The van der Waals surface area contributed by atoms with E-state index in [0.717, 1.165) is 0 Å². The predicted molar refractivity (Wildman–Crippen MR) is 92.6 cm³/mol. The second kappa shape index (κ2) is 8.46. The molecule has 1 aromatic rings. The molecule has 0 aliphatic rings. The maximum atomic E-state index is 12.2. The van der Waals surface area contributed by atoms with Crippen LogP contribution in [0.4, 0.5) is 0 Å². The molecule has 0 amide bonds. The Kier molecular flexibility index (Phi) is 7.19. The second-order valence-corrected chi connectivity index (χ2v) is 8.64. The molecule has 134 valence electrons. The van der Waals surface area contributed by atoms with Crippen LogP contribution in [0, 0.1) is 10.1 Å². The number of carbonyl (C=O) groups is 1. The van der Waals surface area contributed by atoms with E-state index in [0.29, 0.717) is 11.1 Å². The fourth-order valence-electron chi connectivity index (χ4n) is 1.80. The van der Waals surface area contributed by atoms with Gasteiger partial charge in [0, 0.05) is 16.3 Å². The highest BCUT2D eigenvalue weighted by molar-refractivity contribution is 7.90. The molecule has 1 N–H and O–H groups in total. The van der Waals surface area contributed by atoms with Gasteiger partial charge in [-0.1, -0.05) is 12.1 Å². The second-order valence-electron chi connectivity index (χ2n) is 6.64. The minimum Gasteiger partial charge on any atom is -0.598 e. The maximum absolute atomic E-state index is 12.2. The molecule has 7 nitrogen and oxygen atoms in total. The normalized spacial score (nSPS) is 14.3. The zero-order valence-electron chi connectivity index (χ0n) is 14.6. The van der Waals surface area contributed by atoms with Crippen LogP contribution in [0.2, 0.25) is 0 Å². The summed E-state index contributed by atoms with van der Waals surface area (Å²) in [5.41, 5.74) is 0.953. The van der Waals surface area contributed by atoms with Gasteiger partial charge in [-0.3, -0.25) is 10.1 Å². The summed E-state index contributed by atoms with van der Waals surface area (Å²) in [5.74, 6) is -0.450. The van der Waals surface area contributed by atoms with Gasteiger partial charge in [0.05, 0.1) is 11.7 Å². The van der Waals surface area contributed by atoms with Crippen molar-refractivity contribution in [3.05, 3.63) is 45.5 Å². The fraction of sp³-hybridized carbons (Fsp3) is 0.562. The van der Waals surface area contributed by atoms with E-state index in [4.69, 9.17) is 4.74 Å². The maximum Gasteiger partial charge on any atom is 0.338 e. The molecule has 1 aromatic carbocycles. The van der Waals surface area contributed by atoms with E-state index in [1.54, 1.807) is 58.9 Å². The monoisotopic (exact) mass is 356 g/mol. The summed E-state index contributed by atoms with van der Waals surface area (Å²) in [6.45, 7) is 8.45. The Bertz CT molecular complexity index is 569. The van der Waals surface area contributed by atoms with Crippen LogP contribution in [0.15, 0.2) is 24.3 Å². The molecule has 0 saturated carbocycles. The third kappa shape index (κ3) is 6.46. The zero-order valence-corrected chi connectivity index (χ0v) is 15.4. The summed E-state index contributed by atoms with van der Waals surface area (Å²) < 4.78 is 19.6. The van der Waals surface area contributed by atoms with Crippen LogP contribution < -0.4 is 4.72 Å². The first-order valence-corrected chi connectivity index (χ1v) is 8.76. The lowest BCUT2D eigenvalue weighted by atomic mass is 10.1. The van der Waals surface area contributed by atoms with Crippen molar-refractivity contribution >= 4 is 17.3 Å². The topological polar surface area (TPSA) is 105 Å². The Balaban J connectivity index is 2.94. The molecule has 0 bridgehead atoms. The van der Waals surface area contributed by atoms with Gasteiger partial charge in [0.1, 0.15) is 10.8 Å². The van der Waals surface area contributed by atoms with Gasteiger partial charge in [-0.2, -0.15) is 0 Å². The lowest BCUT2D eigenvalue weighted by Gasteiger charge is -2.26. The molecule has 1 rings (SSSR count). The number of nitro groups is 1. The van der Waals surface area contributed by atoms with E-state index in [-0.39, 0.29) is 6.10 Å². The number of ether oxygens (including phenoxy) is 1. The first-order chi connectivity index (χ1) is 11.0. The number of hydrogen-bond acceptors (Lipinski definition) is 6. The van der Waals surface area contributed by atoms with Crippen LogP contribution in [-0.2, 0) is 16.1 Å². The van der Waals surface area contributed by atoms with Crippen molar-refractivity contribution in [2.45, 2.75) is 51.5 Å². The molecule has 0 aliphatic heterocycles. The molecule has 0 aliphatic carbocycles. The highest BCUT2D eigenvalue weighted by Gasteiger charge is 2.32. The van der Waals surface area contributed by atoms with Gasteiger partial charge in [-0.25, -0.2) is 4.79 Å². The Morgan fingerprint density at radius 3 is 2.25 bits per heavy atom. The summed E-state index contributed by atoms with van der Waals surface area (Å²) in [5, 5.41) is 10.9. The molecule has 0 fully saturated rings. The van der Waals surface area contributed by atoms with Crippen molar-refractivity contribution in [2.75, 3.05) is 6.54 Å². The Labute approximate surface area is 145 Å². The Morgan fingerprint density at radius 1 is 1.29 bits per heavy atom. The Morgan fingerprint density at radius 2 is 1.83 bits per heavy atom. The fourth-order valence-corrected chi connectivity index (χ4v) is 2.62. The van der Waals surface area contributed by atoms with Gasteiger partial charge in [-0.15, -0.1) is 4.72 Å². The third-order valence-corrected chi connectivity index (χ3v) is 4.64. The van der Waals surface area contributed by atoms with Gasteiger partial charge < -0.3 is 9.29 Å². The number of nitrogens with zero attached hydrogens (tertiary/aromatic N) is 1. The largest absolute Gasteiger partial charge is 0.598 e. The summed E-state index contributed by atoms with van der Waals surface area (Å²) >= 11 is -1.45. The molecule has 0 heterocycles. The van der Waals surface area contributed by atoms with Crippen molar-refractivity contribution in [1.82, 2.24) is 4.72 Å². The van der Waals surface area contributed by atoms with Crippen LogP contribution in [-0.4, -0.2) is 32.8 Å². The highest BCUT2D eigenvalue weighted by atomic mass is 32.2. The van der Waals surface area contributed by atoms with Gasteiger partial charge >= 0.3 is 5.97 Å². The summed E-state index contributed by atoms with van der Waals surface area (Å²) in [6, 6.07) is 5.61. The average molecular weight is 356 g/mol. The van der Waals surface area contributed by atoms with Gasteiger partial charge in [-0.05, 0) is 52.3 Å². The van der Waals surface area contributed by atoms with Crippen LogP contribution >= 0.6 is 0 Å². The standard InChI is InChI=1S/C16H24N2O5S/c1-11(2)23-15(19)13-8-6-12(7-9-13)14(10-18(20)21)17-24(22)16(3,4)5/h6-9,11,14,17H,10H2,1-5H3/t14-,24?/m1/s1. The number of esters is 1. The lowest BCUT2D eigenvalue weighted by Crippen LogP contribution is -2.43. The highest BCUT2D eigenvalue weighted by Crippen LogP contribution is 2.21. The molecule has 0 spiro atoms. The van der Waals surface area contributed by atoms with Crippen LogP contribution in [0.5, 0.6) is 0 Å². The van der Waals surface area contributed by atoms with Crippen molar-refractivity contribution in [2.24, 2.45) is 0 Å². The molecule has 0 radical (unpaired) electrons. The van der Waals surface area contributed by atoms with E-state index in [9.17, 15) is 19.5 Å². The third-order valence-electron chi connectivity index (χ3n) is 3.03. The van der Waals surface area contributed by atoms with Gasteiger partial charge in [0.15, 0.2) is 0 Å². The summed E-state index contributed by atoms with van der Waals surface area (Å²) in [4.78, 5) is 22.3. The Hall–Kier alpha value is -1.64. The van der Waals surface area contributed by atoms with Crippen LogP contribution in [0.3, 0.4) is 0 Å². The predicted octanol–water partition coefficient (Wildman–Crippen LogP) is 2.62. The molecular weight excluding hydrogens is 332 g/mol. The number of hydrogen-bond donors (Lipinski definition) is 1. The van der Waals surface area contributed by atoms with Crippen molar-refractivity contribution in [3.8, 4) is 0 Å². The first kappa shape index (κ1) is 20.4. The van der Waals surface area contributed by atoms with Crippen molar-refractivity contribution in [3.63, 3.8) is 0 Å². The van der Waals surface area contributed by atoms with Crippen LogP contribution in [0.1, 0.15) is 56.6 Å². The SMILES string of the molecule is CC(C)OC(=O)c1ccc([C@@H](C[N+](=O)[O-])N[S+]([O-])C(C)(C)C)cc1. The lowest BCUT2D eigenvalue weighted by molar-refractivity contribution is -0.483. The minimum absolute atomic E-state index is 0.227. The average Bonchev–Trinajstić information content (AvgIpc) is 2.44. The first-order valence-electron chi connectivity index (χ1n) is 7.61. The quantitative estimate of drug-likeness (QED) is 0.348. The summed E-state index contributed by atoms with van der Waals surface area (Å²) in [6.07, 6.45) is -0.227. The van der Waals surface area contributed by atoms with E-state index in [1.807, 2.05) is 0 Å². The van der Waals surface area contributed by atoms with E-state index >= 15 is 0 Å². The molecule has 1 unspecified atom stereocenters. The van der Waals surface area contributed by atoms with E-state index < -0.39 is 39.6 Å². The molecule has 0 saturated heterocycles. The van der Waals surface area contributed by atoms with Gasteiger partial charge in [0.2, 0.25) is 6.54 Å². The smallest absolute Gasteiger partial charge is 0.338 e. The number of nitrogens with one attached hydrogen (secondary N) is 1. The number of benzene rings is 1. The van der Waals surface area contributed by atoms with E-state index in [2.05, 4.69) is 4.72 Å². The molecule has 24 heavy (non-hydrogen) atoms. The molecule has 8 heteroatoms. The number of rotatable bonds is 7.